The van der Waals surface area contributed by atoms with E-state index in [4.69, 9.17) is 5.73 Å². The number of nitrogens with two attached hydrogens (primary N) is 1. The Morgan fingerprint density at radius 2 is 2.05 bits per heavy atom. The zero-order chi connectivity index (χ0) is 13.1. The van der Waals surface area contributed by atoms with Crippen LogP contribution in [0, 0.1) is 11.7 Å². The van der Waals surface area contributed by atoms with E-state index in [2.05, 4.69) is 27.8 Å². The first-order valence-electron chi connectivity index (χ1n) is 6.48. The molecule has 0 bridgehead atoms. The number of hydrogen-bond donors (Lipinski definition) is 1. The van der Waals surface area contributed by atoms with Crippen LogP contribution in [0.25, 0.3) is 0 Å². The number of nitrogens with zero attached hydrogens (tertiary/aromatic N) is 1. The maximum atomic E-state index is 13.1. The normalized spacial score (nSPS) is 18.9. The summed E-state index contributed by atoms with van der Waals surface area (Å²) in [7, 11) is 0. The average molecular weight is 352 g/mol. The smallest absolute Gasteiger partial charge is 0.137 e. The zero-order valence-electron chi connectivity index (χ0n) is 11.1. The minimum atomic E-state index is -0.200. The second kappa shape index (κ2) is 7.58. The van der Waals surface area contributed by atoms with Crippen molar-refractivity contribution in [2.24, 2.45) is 11.7 Å². The molecule has 1 aliphatic rings. The Kier molecular flexibility index (Phi) is 6.74. The molecule has 1 aliphatic heterocycles. The largest absolute Gasteiger partial charge is 0.328 e. The van der Waals surface area contributed by atoms with Crippen molar-refractivity contribution in [2.75, 3.05) is 13.1 Å². The van der Waals surface area contributed by atoms with E-state index >= 15 is 0 Å². The third kappa shape index (κ3) is 4.71. The van der Waals surface area contributed by atoms with E-state index in [1.807, 2.05) is 12.1 Å². The lowest BCUT2D eigenvalue weighted by atomic mass is 9.91. The van der Waals surface area contributed by atoms with Gasteiger partial charge in [0.2, 0.25) is 0 Å². The first-order valence-corrected chi connectivity index (χ1v) is 7.27. The van der Waals surface area contributed by atoms with Crippen molar-refractivity contribution in [1.29, 1.82) is 0 Å². The van der Waals surface area contributed by atoms with Gasteiger partial charge in [0, 0.05) is 12.6 Å². The Morgan fingerprint density at radius 1 is 1.42 bits per heavy atom. The maximum Gasteiger partial charge on any atom is 0.137 e. The highest BCUT2D eigenvalue weighted by molar-refractivity contribution is 9.10. The van der Waals surface area contributed by atoms with Gasteiger partial charge in [-0.05, 0) is 72.4 Å². The lowest BCUT2D eigenvalue weighted by Crippen LogP contribution is -2.39. The van der Waals surface area contributed by atoms with Gasteiger partial charge >= 0.3 is 0 Å². The highest BCUT2D eigenvalue weighted by Gasteiger charge is 2.21. The fourth-order valence-electron chi connectivity index (χ4n) is 2.53. The molecule has 2 nitrogen and oxygen atoms in total. The van der Waals surface area contributed by atoms with E-state index in [0.29, 0.717) is 16.4 Å². The highest BCUT2D eigenvalue weighted by Crippen LogP contribution is 2.22. The van der Waals surface area contributed by atoms with Crippen LogP contribution < -0.4 is 5.73 Å². The van der Waals surface area contributed by atoms with E-state index < -0.39 is 0 Å². The highest BCUT2D eigenvalue weighted by atomic mass is 79.9. The molecule has 108 valence electrons. The molecule has 0 aliphatic carbocycles. The molecule has 1 fully saturated rings. The fourth-order valence-corrected chi connectivity index (χ4v) is 2.96. The molecule has 1 heterocycles. The Hall–Kier alpha value is -0.160. The predicted octanol–water partition coefficient (Wildman–Crippen LogP) is 3.57. The first kappa shape index (κ1) is 16.9. The lowest BCUT2D eigenvalue weighted by Gasteiger charge is -2.33. The van der Waals surface area contributed by atoms with Crippen LogP contribution in [-0.4, -0.2) is 24.0 Å². The Labute approximate surface area is 129 Å². The van der Waals surface area contributed by atoms with Gasteiger partial charge in [0.15, 0.2) is 0 Å². The number of likely N-dealkylation sites (tertiary alicyclic amines) is 1. The summed E-state index contributed by atoms with van der Waals surface area (Å²) in [6.45, 7) is 5.16. The summed E-state index contributed by atoms with van der Waals surface area (Å²) in [4.78, 5) is 2.42. The third-order valence-electron chi connectivity index (χ3n) is 3.77. The van der Waals surface area contributed by atoms with Crippen molar-refractivity contribution in [3.8, 4) is 0 Å². The van der Waals surface area contributed by atoms with E-state index in [-0.39, 0.29) is 18.2 Å². The van der Waals surface area contributed by atoms with Crippen LogP contribution in [0.3, 0.4) is 0 Å². The molecule has 0 saturated carbocycles. The van der Waals surface area contributed by atoms with Gasteiger partial charge in [-0.3, -0.25) is 4.90 Å². The predicted molar refractivity (Wildman–Crippen MR) is 83.0 cm³/mol. The molecule has 5 heteroatoms. The quantitative estimate of drug-likeness (QED) is 0.902. The van der Waals surface area contributed by atoms with Gasteiger partial charge in [-0.2, -0.15) is 0 Å². The summed E-state index contributed by atoms with van der Waals surface area (Å²) in [6, 6.07) is 5.55. The summed E-state index contributed by atoms with van der Waals surface area (Å²) in [5.74, 6) is 0.454. The van der Waals surface area contributed by atoms with Crippen molar-refractivity contribution < 1.29 is 4.39 Å². The van der Waals surface area contributed by atoms with Crippen molar-refractivity contribution >= 4 is 28.3 Å². The van der Waals surface area contributed by atoms with Gasteiger partial charge in [0.05, 0.1) is 4.47 Å². The average Bonchev–Trinajstić information content (AvgIpc) is 2.34. The third-order valence-corrected chi connectivity index (χ3v) is 4.37. The zero-order valence-corrected chi connectivity index (χ0v) is 13.5. The van der Waals surface area contributed by atoms with Gasteiger partial charge in [-0.1, -0.05) is 6.07 Å². The number of piperidine rings is 1. The molecule has 0 aromatic heterocycles. The van der Waals surface area contributed by atoms with E-state index in [1.165, 1.54) is 18.9 Å². The number of hydrogen-bond acceptors (Lipinski definition) is 2. The summed E-state index contributed by atoms with van der Waals surface area (Å²) in [5.41, 5.74) is 7.09. The van der Waals surface area contributed by atoms with Crippen LogP contribution in [0.15, 0.2) is 22.7 Å². The molecule has 1 saturated heterocycles. The van der Waals surface area contributed by atoms with E-state index in [0.717, 1.165) is 25.2 Å². The molecule has 19 heavy (non-hydrogen) atoms. The van der Waals surface area contributed by atoms with Crippen LogP contribution >= 0.6 is 28.3 Å². The minimum absolute atomic E-state index is 0. The summed E-state index contributed by atoms with van der Waals surface area (Å²) in [5, 5.41) is 0. The van der Waals surface area contributed by atoms with E-state index in [9.17, 15) is 4.39 Å². The second-order valence-corrected chi connectivity index (χ2v) is 6.08. The van der Waals surface area contributed by atoms with Gasteiger partial charge < -0.3 is 5.73 Å². The molecule has 1 unspecified atom stereocenters. The van der Waals surface area contributed by atoms with Crippen LogP contribution in [0.2, 0.25) is 0 Å². The van der Waals surface area contributed by atoms with E-state index in [1.54, 1.807) is 0 Å². The molecule has 1 aromatic rings. The Bertz CT molecular complexity index is 406. The van der Waals surface area contributed by atoms with Crippen LogP contribution in [0.5, 0.6) is 0 Å². The SMILES string of the molecule is CC(N)C1CCN(Cc2ccc(F)c(Br)c2)CC1.Cl. The molecule has 1 atom stereocenters. The van der Waals surface area contributed by atoms with Gasteiger partial charge in [0.25, 0.3) is 0 Å². The second-order valence-electron chi connectivity index (χ2n) is 5.22. The molecule has 0 amide bonds. The molecule has 2 rings (SSSR count). The molecule has 1 aromatic carbocycles. The Morgan fingerprint density at radius 3 is 2.58 bits per heavy atom. The summed E-state index contributed by atoms with van der Waals surface area (Å²) >= 11 is 3.23. The molecular formula is C14H21BrClFN2. The van der Waals surface area contributed by atoms with Crippen molar-refractivity contribution in [2.45, 2.75) is 32.4 Å². The lowest BCUT2D eigenvalue weighted by molar-refractivity contribution is 0.165. The fraction of sp³-hybridized carbons (Fsp3) is 0.571. The van der Waals surface area contributed by atoms with Crippen LogP contribution in [0.4, 0.5) is 4.39 Å². The standard InChI is InChI=1S/C14H20BrFN2.ClH/c1-10(17)12-4-6-18(7-5-12)9-11-2-3-14(16)13(15)8-11;/h2-3,8,10,12H,4-7,9,17H2,1H3;1H. The van der Waals surface area contributed by atoms with Crippen molar-refractivity contribution in [3.05, 3.63) is 34.1 Å². The van der Waals surface area contributed by atoms with Crippen LogP contribution in [-0.2, 0) is 6.54 Å². The summed E-state index contributed by atoms with van der Waals surface area (Å²) < 4.78 is 13.7. The Balaban J connectivity index is 0.00000180. The monoisotopic (exact) mass is 350 g/mol. The topological polar surface area (TPSA) is 29.3 Å². The first-order chi connectivity index (χ1) is 8.56. The van der Waals surface area contributed by atoms with Crippen molar-refractivity contribution in [3.63, 3.8) is 0 Å². The number of rotatable bonds is 3. The van der Waals surface area contributed by atoms with Crippen LogP contribution in [0.1, 0.15) is 25.3 Å². The van der Waals surface area contributed by atoms with Gasteiger partial charge in [-0.15, -0.1) is 12.4 Å². The number of benzene rings is 1. The number of halogens is 3. The van der Waals surface area contributed by atoms with Gasteiger partial charge in [0.1, 0.15) is 5.82 Å². The maximum absolute atomic E-state index is 13.1. The van der Waals surface area contributed by atoms with Crippen molar-refractivity contribution in [1.82, 2.24) is 4.90 Å². The molecule has 2 N–H and O–H groups in total. The minimum Gasteiger partial charge on any atom is -0.328 e. The van der Waals surface area contributed by atoms with Gasteiger partial charge in [-0.25, -0.2) is 4.39 Å². The molecular weight excluding hydrogens is 331 g/mol. The molecule has 0 radical (unpaired) electrons. The molecule has 0 spiro atoms. The summed E-state index contributed by atoms with van der Waals surface area (Å²) in [6.07, 6.45) is 2.33.